The lowest BCUT2D eigenvalue weighted by molar-refractivity contribution is -0.122. The van der Waals surface area contributed by atoms with Crippen molar-refractivity contribution < 1.29 is 23.8 Å². The molecule has 158 valence electrons. The van der Waals surface area contributed by atoms with Crippen molar-refractivity contribution >= 4 is 12.4 Å². The second-order valence-corrected chi connectivity index (χ2v) is 9.05. The van der Waals surface area contributed by atoms with Crippen molar-refractivity contribution in [3.05, 3.63) is 29.1 Å². The third-order valence-electron chi connectivity index (χ3n) is 7.09. The van der Waals surface area contributed by atoms with E-state index in [9.17, 15) is 9.18 Å². The smallest absolute Gasteiger partial charge is 0.290 e. The molecular weight excluding hydrogens is 373 g/mol. The molecule has 1 N–H and O–H groups in total. The molecule has 29 heavy (non-hydrogen) atoms. The predicted molar refractivity (Wildman–Crippen MR) is 107 cm³/mol. The minimum atomic E-state index is -0.421. The quantitative estimate of drug-likeness (QED) is 0.730. The zero-order valence-corrected chi connectivity index (χ0v) is 16.9. The van der Waals surface area contributed by atoms with E-state index in [1.807, 2.05) is 0 Å². The van der Waals surface area contributed by atoms with E-state index in [1.165, 1.54) is 38.2 Å². The molecule has 1 aliphatic heterocycles. The highest BCUT2D eigenvalue weighted by atomic mass is 19.1. The van der Waals surface area contributed by atoms with E-state index in [4.69, 9.17) is 14.6 Å². The summed E-state index contributed by atoms with van der Waals surface area (Å²) < 4.78 is 21.0. The van der Waals surface area contributed by atoms with E-state index in [0.717, 1.165) is 56.9 Å². The third kappa shape index (κ3) is 4.26. The zero-order chi connectivity index (χ0) is 20.4. The van der Waals surface area contributed by atoms with E-state index in [2.05, 4.69) is 0 Å². The fourth-order valence-corrected chi connectivity index (χ4v) is 5.15. The van der Waals surface area contributed by atoms with Gasteiger partial charge in [0.2, 0.25) is 0 Å². The molecule has 1 saturated heterocycles. The highest BCUT2D eigenvalue weighted by molar-refractivity contribution is 5.95. The van der Waals surface area contributed by atoms with Gasteiger partial charge < -0.3 is 14.7 Å². The summed E-state index contributed by atoms with van der Waals surface area (Å²) >= 11 is 0. The average molecular weight is 403 g/mol. The standard InChI is InChI=1S/C22H28FNO2.CH2O2/c23-19-12-20(26-14-22-8-2-1-5-16(22)13-22)17(15-6-7-15)11-18(19)21(25)24-9-3-4-10-24;2-1-3/h11-12,15-16H,1-10,13-14H2;1H,(H,2,3). The van der Waals surface area contributed by atoms with E-state index in [0.29, 0.717) is 17.1 Å². The number of ether oxygens (including phenoxy) is 1. The highest BCUT2D eigenvalue weighted by Crippen LogP contribution is 2.61. The Morgan fingerprint density at radius 1 is 1.21 bits per heavy atom. The number of nitrogens with zero attached hydrogens (tertiary/aromatic N) is 1. The molecule has 0 radical (unpaired) electrons. The summed E-state index contributed by atoms with van der Waals surface area (Å²) in [7, 11) is 0. The first-order valence-corrected chi connectivity index (χ1v) is 10.9. The molecule has 5 rings (SSSR count). The fourth-order valence-electron chi connectivity index (χ4n) is 5.15. The molecule has 1 aromatic rings. The first-order chi connectivity index (χ1) is 14.1. The van der Waals surface area contributed by atoms with Gasteiger partial charge in [0.05, 0.1) is 12.2 Å². The fraction of sp³-hybridized carbons (Fsp3) is 0.652. The van der Waals surface area contributed by atoms with Gasteiger partial charge in [-0.05, 0) is 68.4 Å². The van der Waals surface area contributed by atoms with Crippen LogP contribution in [-0.4, -0.2) is 42.1 Å². The summed E-state index contributed by atoms with van der Waals surface area (Å²) in [5.41, 5.74) is 1.65. The van der Waals surface area contributed by atoms with Crippen LogP contribution in [0.2, 0.25) is 0 Å². The first-order valence-electron chi connectivity index (χ1n) is 10.9. The monoisotopic (exact) mass is 403 g/mol. The van der Waals surface area contributed by atoms with Crippen LogP contribution in [0.4, 0.5) is 4.39 Å². The average Bonchev–Trinajstić information content (AvgIpc) is 3.62. The Morgan fingerprint density at radius 2 is 1.93 bits per heavy atom. The molecule has 2 atom stereocenters. The van der Waals surface area contributed by atoms with Crippen LogP contribution in [0.15, 0.2) is 12.1 Å². The summed E-state index contributed by atoms with van der Waals surface area (Å²) in [6.07, 6.45) is 10.8. The van der Waals surface area contributed by atoms with Gasteiger partial charge in [-0.2, -0.15) is 0 Å². The molecule has 4 fully saturated rings. The Bertz CT molecular complexity index is 772. The van der Waals surface area contributed by atoms with Gasteiger partial charge >= 0.3 is 0 Å². The van der Waals surface area contributed by atoms with Crippen LogP contribution >= 0.6 is 0 Å². The van der Waals surface area contributed by atoms with Crippen molar-refractivity contribution in [1.82, 2.24) is 4.90 Å². The minimum absolute atomic E-state index is 0.151. The van der Waals surface area contributed by atoms with Gasteiger partial charge in [-0.3, -0.25) is 9.59 Å². The molecule has 3 saturated carbocycles. The maximum absolute atomic E-state index is 14.8. The van der Waals surface area contributed by atoms with Crippen LogP contribution < -0.4 is 4.74 Å². The summed E-state index contributed by atoms with van der Waals surface area (Å²) in [5, 5.41) is 6.89. The molecule has 1 heterocycles. The molecule has 3 aliphatic carbocycles. The number of carbonyl (C=O) groups excluding carboxylic acids is 1. The number of likely N-dealkylation sites (tertiary alicyclic amines) is 1. The number of carboxylic acid groups (broad SMARTS) is 1. The van der Waals surface area contributed by atoms with Gasteiger partial charge in [0, 0.05) is 24.6 Å². The van der Waals surface area contributed by atoms with Crippen molar-refractivity contribution in [2.75, 3.05) is 19.7 Å². The largest absolute Gasteiger partial charge is 0.493 e. The van der Waals surface area contributed by atoms with Crippen molar-refractivity contribution in [3.63, 3.8) is 0 Å². The second-order valence-electron chi connectivity index (χ2n) is 9.05. The number of amides is 1. The number of carbonyl (C=O) groups is 2. The summed E-state index contributed by atoms with van der Waals surface area (Å²) in [6.45, 7) is 1.97. The van der Waals surface area contributed by atoms with Crippen LogP contribution in [0.25, 0.3) is 0 Å². The minimum Gasteiger partial charge on any atom is -0.493 e. The molecule has 4 aliphatic rings. The Labute approximate surface area is 171 Å². The molecule has 1 amide bonds. The van der Waals surface area contributed by atoms with Crippen molar-refractivity contribution in [1.29, 1.82) is 0 Å². The maximum Gasteiger partial charge on any atom is 0.290 e. The lowest BCUT2D eigenvalue weighted by atomic mass is 9.89. The van der Waals surface area contributed by atoms with Crippen molar-refractivity contribution in [2.24, 2.45) is 11.3 Å². The van der Waals surface area contributed by atoms with Crippen LogP contribution in [0.1, 0.15) is 79.6 Å². The molecule has 0 aromatic heterocycles. The van der Waals surface area contributed by atoms with Gasteiger partial charge in [0.25, 0.3) is 12.4 Å². The van der Waals surface area contributed by atoms with E-state index in [1.54, 1.807) is 11.0 Å². The number of fused-ring (bicyclic) bond motifs is 1. The maximum atomic E-state index is 14.8. The van der Waals surface area contributed by atoms with Crippen LogP contribution in [0.5, 0.6) is 5.75 Å². The number of rotatable bonds is 5. The lowest BCUT2D eigenvalue weighted by Crippen LogP contribution is -2.28. The molecule has 2 unspecified atom stereocenters. The van der Waals surface area contributed by atoms with Gasteiger partial charge in [0.1, 0.15) is 11.6 Å². The first kappa shape index (κ1) is 20.2. The Hall–Kier alpha value is -2.11. The molecule has 0 bridgehead atoms. The summed E-state index contributed by atoms with van der Waals surface area (Å²) in [6, 6.07) is 3.29. The van der Waals surface area contributed by atoms with Crippen LogP contribution in [-0.2, 0) is 4.79 Å². The van der Waals surface area contributed by atoms with Crippen molar-refractivity contribution in [2.45, 2.75) is 63.7 Å². The van der Waals surface area contributed by atoms with Crippen LogP contribution in [0.3, 0.4) is 0 Å². The Morgan fingerprint density at radius 3 is 2.59 bits per heavy atom. The number of benzene rings is 1. The number of hydrogen-bond acceptors (Lipinski definition) is 3. The normalized spacial score (nSPS) is 27.5. The van der Waals surface area contributed by atoms with Gasteiger partial charge in [0.15, 0.2) is 0 Å². The van der Waals surface area contributed by atoms with E-state index < -0.39 is 5.82 Å². The summed E-state index contributed by atoms with van der Waals surface area (Å²) in [5.74, 6) is 1.38. The Balaban J connectivity index is 0.000000645. The van der Waals surface area contributed by atoms with Crippen LogP contribution in [0, 0.1) is 17.2 Å². The van der Waals surface area contributed by atoms with Gasteiger partial charge in [-0.25, -0.2) is 4.39 Å². The lowest BCUT2D eigenvalue weighted by Gasteiger charge is -2.23. The second kappa shape index (κ2) is 8.33. The zero-order valence-electron chi connectivity index (χ0n) is 16.9. The van der Waals surface area contributed by atoms with E-state index in [-0.39, 0.29) is 17.9 Å². The third-order valence-corrected chi connectivity index (χ3v) is 7.09. The molecule has 1 aromatic carbocycles. The predicted octanol–water partition coefficient (Wildman–Crippen LogP) is 4.60. The summed E-state index contributed by atoms with van der Waals surface area (Å²) in [4.78, 5) is 22.8. The Kier molecular flexibility index (Phi) is 5.79. The SMILES string of the molecule is O=C(c1cc(C2CC2)c(OCC23CCCCC2C3)cc1F)N1CCCC1.O=CO. The topological polar surface area (TPSA) is 66.8 Å². The molecular formula is C23H30FNO4. The van der Waals surface area contributed by atoms with Gasteiger partial charge in [-0.1, -0.05) is 12.8 Å². The molecule has 6 heteroatoms. The molecule has 5 nitrogen and oxygen atoms in total. The van der Waals surface area contributed by atoms with E-state index >= 15 is 0 Å². The van der Waals surface area contributed by atoms with Gasteiger partial charge in [-0.15, -0.1) is 0 Å². The highest BCUT2D eigenvalue weighted by Gasteiger charge is 2.55. The van der Waals surface area contributed by atoms with Crippen molar-refractivity contribution in [3.8, 4) is 5.75 Å². The number of halogens is 1. The molecule has 0 spiro atoms. The number of hydrogen-bond donors (Lipinski definition) is 1.